The van der Waals surface area contributed by atoms with Crippen molar-refractivity contribution < 1.29 is 18.4 Å². The summed E-state index contributed by atoms with van der Waals surface area (Å²) < 4.78 is 23.5. The van der Waals surface area contributed by atoms with E-state index in [4.69, 9.17) is 9.26 Å². The summed E-state index contributed by atoms with van der Waals surface area (Å²) in [5.74, 6) is -0.519. The highest BCUT2D eigenvalue weighted by molar-refractivity contribution is 5.89. The van der Waals surface area contributed by atoms with E-state index in [1.807, 2.05) is 30.3 Å². The molecule has 0 saturated carbocycles. The maximum atomic E-state index is 13.4. The molecule has 0 fully saturated rings. The molecule has 0 bridgehead atoms. The molecule has 5 nitrogen and oxygen atoms in total. The summed E-state index contributed by atoms with van der Waals surface area (Å²) in [6.45, 7) is 1.45. The van der Waals surface area contributed by atoms with Gasteiger partial charge in [-0.15, -0.1) is 0 Å². The Morgan fingerprint density at radius 3 is 2.74 bits per heavy atom. The van der Waals surface area contributed by atoms with E-state index in [0.717, 1.165) is 11.6 Å². The second kappa shape index (κ2) is 6.39. The Hall–Kier alpha value is -3.02. The molecule has 0 atom stereocenters. The van der Waals surface area contributed by atoms with Crippen LogP contribution in [-0.2, 0) is 11.3 Å². The first-order chi connectivity index (χ1) is 11.1. The normalized spacial score (nSPS) is 10.5. The molecule has 6 heteroatoms. The van der Waals surface area contributed by atoms with Crippen LogP contribution < -0.4 is 0 Å². The standard InChI is InChI=1S/C17H13FN2O3/c1-11-7-8-13(9-14(11)18)17(21)22-10-15-19-16(20-23-15)12-5-3-2-4-6-12/h2-9H,10H2,1H3. The van der Waals surface area contributed by atoms with E-state index >= 15 is 0 Å². The molecule has 3 aromatic rings. The molecular formula is C17H13FN2O3. The zero-order chi connectivity index (χ0) is 16.2. The van der Waals surface area contributed by atoms with Gasteiger partial charge in [-0.05, 0) is 24.6 Å². The van der Waals surface area contributed by atoms with Crippen LogP contribution in [0.2, 0.25) is 0 Å². The number of carbonyl (C=O) groups excluding carboxylic acids is 1. The molecule has 0 aliphatic rings. The first kappa shape index (κ1) is 14.9. The van der Waals surface area contributed by atoms with Crippen LogP contribution >= 0.6 is 0 Å². The highest BCUT2D eigenvalue weighted by Crippen LogP contribution is 2.16. The fraction of sp³-hybridized carbons (Fsp3) is 0.118. The van der Waals surface area contributed by atoms with Crippen molar-refractivity contribution in [2.75, 3.05) is 0 Å². The highest BCUT2D eigenvalue weighted by Gasteiger charge is 2.13. The number of benzene rings is 2. The van der Waals surface area contributed by atoms with Gasteiger partial charge in [0.05, 0.1) is 5.56 Å². The number of nitrogens with zero attached hydrogens (tertiary/aromatic N) is 2. The zero-order valence-electron chi connectivity index (χ0n) is 12.3. The van der Waals surface area contributed by atoms with Crippen LogP contribution in [0.3, 0.4) is 0 Å². The highest BCUT2D eigenvalue weighted by atomic mass is 19.1. The van der Waals surface area contributed by atoms with Gasteiger partial charge < -0.3 is 9.26 Å². The van der Waals surface area contributed by atoms with Gasteiger partial charge in [-0.25, -0.2) is 9.18 Å². The number of carbonyl (C=O) groups is 1. The Labute approximate surface area is 131 Å². The SMILES string of the molecule is Cc1ccc(C(=O)OCc2nc(-c3ccccc3)no2)cc1F. The van der Waals surface area contributed by atoms with Gasteiger partial charge >= 0.3 is 5.97 Å². The van der Waals surface area contributed by atoms with Crippen LogP contribution in [0.1, 0.15) is 21.8 Å². The van der Waals surface area contributed by atoms with E-state index in [1.165, 1.54) is 12.1 Å². The van der Waals surface area contributed by atoms with Crippen molar-refractivity contribution in [2.45, 2.75) is 13.5 Å². The molecule has 0 unspecified atom stereocenters. The Kier molecular flexibility index (Phi) is 4.14. The van der Waals surface area contributed by atoms with Crippen LogP contribution in [0, 0.1) is 12.7 Å². The Balaban J connectivity index is 1.65. The van der Waals surface area contributed by atoms with Gasteiger partial charge in [-0.2, -0.15) is 4.98 Å². The number of aromatic nitrogens is 2. The van der Waals surface area contributed by atoms with E-state index in [-0.39, 0.29) is 18.1 Å². The van der Waals surface area contributed by atoms with Crippen molar-refractivity contribution >= 4 is 5.97 Å². The lowest BCUT2D eigenvalue weighted by molar-refractivity contribution is 0.0429. The maximum Gasteiger partial charge on any atom is 0.338 e. The van der Waals surface area contributed by atoms with Crippen molar-refractivity contribution in [1.29, 1.82) is 0 Å². The van der Waals surface area contributed by atoms with Crippen LogP contribution in [0.4, 0.5) is 4.39 Å². The molecule has 2 aromatic carbocycles. The van der Waals surface area contributed by atoms with Crippen molar-refractivity contribution in [1.82, 2.24) is 10.1 Å². The van der Waals surface area contributed by atoms with E-state index in [9.17, 15) is 9.18 Å². The van der Waals surface area contributed by atoms with Gasteiger partial charge in [0.2, 0.25) is 5.82 Å². The molecule has 23 heavy (non-hydrogen) atoms. The number of hydrogen-bond acceptors (Lipinski definition) is 5. The van der Waals surface area contributed by atoms with Crippen LogP contribution in [-0.4, -0.2) is 16.1 Å². The molecule has 1 aromatic heterocycles. The Bertz CT molecular complexity index is 831. The van der Waals surface area contributed by atoms with Crippen molar-refractivity contribution in [3.63, 3.8) is 0 Å². The van der Waals surface area contributed by atoms with Gasteiger partial charge in [0, 0.05) is 5.56 Å². The number of aryl methyl sites for hydroxylation is 1. The maximum absolute atomic E-state index is 13.4. The number of hydrogen-bond donors (Lipinski definition) is 0. The summed E-state index contributed by atoms with van der Waals surface area (Å²) >= 11 is 0. The third-order valence-corrected chi connectivity index (χ3v) is 3.23. The Morgan fingerprint density at radius 2 is 2.00 bits per heavy atom. The molecule has 116 valence electrons. The van der Waals surface area contributed by atoms with Crippen LogP contribution in [0.5, 0.6) is 0 Å². The van der Waals surface area contributed by atoms with Gasteiger partial charge in [-0.3, -0.25) is 0 Å². The second-order valence-corrected chi connectivity index (χ2v) is 4.92. The average Bonchev–Trinajstić information content (AvgIpc) is 3.05. The topological polar surface area (TPSA) is 65.2 Å². The molecule has 0 radical (unpaired) electrons. The third-order valence-electron chi connectivity index (χ3n) is 3.23. The third kappa shape index (κ3) is 3.42. The molecular weight excluding hydrogens is 299 g/mol. The number of esters is 1. The lowest BCUT2D eigenvalue weighted by Crippen LogP contribution is -2.06. The molecule has 0 spiro atoms. The van der Waals surface area contributed by atoms with Gasteiger partial charge in [0.25, 0.3) is 5.89 Å². The van der Waals surface area contributed by atoms with Crippen molar-refractivity contribution in [3.05, 3.63) is 71.4 Å². The number of rotatable bonds is 4. The van der Waals surface area contributed by atoms with Gasteiger partial charge in [0.1, 0.15) is 5.82 Å². The minimum atomic E-state index is -0.650. The summed E-state index contributed by atoms with van der Waals surface area (Å²) in [4.78, 5) is 16.0. The zero-order valence-corrected chi connectivity index (χ0v) is 12.3. The molecule has 0 aliphatic heterocycles. The predicted octanol–water partition coefficient (Wildman–Crippen LogP) is 3.54. The average molecular weight is 312 g/mol. The quantitative estimate of drug-likeness (QED) is 0.689. The predicted molar refractivity (Wildman–Crippen MR) is 80.0 cm³/mol. The molecule has 0 N–H and O–H groups in total. The van der Waals surface area contributed by atoms with E-state index in [0.29, 0.717) is 11.4 Å². The smallest absolute Gasteiger partial charge is 0.338 e. The molecule has 0 saturated heterocycles. The minimum absolute atomic E-state index is 0.135. The minimum Gasteiger partial charge on any atom is -0.452 e. The van der Waals surface area contributed by atoms with Crippen molar-refractivity contribution in [2.24, 2.45) is 0 Å². The monoisotopic (exact) mass is 312 g/mol. The van der Waals surface area contributed by atoms with E-state index in [2.05, 4.69) is 10.1 Å². The van der Waals surface area contributed by atoms with Gasteiger partial charge in [-0.1, -0.05) is 41.6 Å². The van der Waals surface area contributed by atoms with E-state index in [1.54, 1.807) is 6.92 Å². The summed E-state index contributed by atoms with van der Waals surface area (Å²) in [6.07, 6.45) is 0. The van der Waals surface area contributed by atoms with Crippen LogP contribution in [0.25, 0.3) is 11.4 Å². The Morgan fingerprint density at radius 1 is 1.22 bits per heavy atom. The molecule has 0 aliphatic carbocycles. The molecule has 3 rings (SSSR count). The van der Waals surface area contributed by atoms with Crippen LogP contribution in [0.15, 0.2) is 53.1 Å². The first-order valence-corrected chi connectivity index (χ1v) is 6.95. The fourth-order valence-electron chi connectivity index (χ4n) is 1.95. The number of ether oxygens (including phenoxy) is 1. The largest absolute Gasteiger partial charge is 0.452 e. The molecule has 0 amide bonds. The first-order valence-electron chi connectivity index (χ1n) is 6.95. The summed E-state index contributed by atoms with van der Waals surface area (Å²) in [6, 6.07) is 13.4. The fourth-order valence-corrected chi connectivity index (χ4v) is 1.95. The lowest BCUT2D eigenvalue weighted by atomic mass is 10.1. The van der Waals surface area contributed by atoms with E-state index < -0.39 is 11.8 Å². The molecule has 1 heterocycles. The summed E-state index contributed by atoms with van der Waals surface area (Å²) in [7, 11) is 0. The van der Waals surface area contributed by atoms with Crippen molar-refractivity contribution in [3.8, 4) is 11.4 Å². The summed E-state index contributed by atoms with van der Waals surface area (Å²) in [5.41, 5.74) is 1.40. The second-order valence-electron chi connectivity index (χ2n) is 4.92. The number of halogens is 1. The summed E-state index contributed by atoms with van der Waals surface area (Å²) in [5, 5.41) is 3.83. The lowest BCUT2D eigenvalue weighted by Gasteiger charge is -2.03. The van der Waals surface area contributed by atoms with Gasteiger partial charge in [0.15, 0.2) is 6.61 Å².